The second-order valence-corrected chi connectivity index (χ2v) is 5.13. The number of pyridine rings is 1. The van der Waals surface area contributed by atoms with Gasteiger partial charge in [-0.25, -0.2) is 4.98 Å². The van der Waals surface area contributed by atoms with Crippen LogP contribution in [0, 0.1) is 6.92 Å². The molecule has 4 nitrogen and oxygen atoms in total. The zero-order valence-corrected chi connectivity index (χ0v) is 12.5. The highest BCUT2D eigenvalue weighted by Crippen LogP contribution is 2.11. The first-order valence-corrected chi connectivity index (χ1v) is 7.11. The van der Waals surface area contributed by atoms with Crippen LogP contribution in [0.4, 0.5) is 5.82 Å². The largest absolute Gasteiger partial charge is 0.465 e. The lowest BCUT2D eigenvalue weighted by atomic mass is 10.3. The van der Waals surface area contributed by atoms with Gasteiger partial charge < -0.3 is 9.73 Å². The number of aromatic nitrogens is 1. The molecule has 0 radical (unpaired) electrons. The van der Waals surface area contributed by atoms with E-state index in [0.717, 1.165) is 49.1 Å². The number of nitrogens with one attached hydrogen (secondary N) is 1. The summed E-state index contributed by atoms with van der Waals surface area (Å²) < 4.78 is 5.59. The molecule has 2 heterocycles. The lowest BCUT2D eigenvalue weighted by molar-refractivity contribution is 0.282. The van der Waals surface area contributed by atoms with E-state index in [0.29, 0.717) is 0 Å². The zero-order chi connectivity index (χ0) is 14.4. The van der Waals surface area contributed by atoms with Crippen LogP contribution in [0.15, 0.2) is 34.7 Å². The summed E-state index contributed by atoms with van der Waals surface area (Å²) in [5.41, 5.74) is 1.07. The van der Waals surface area contributed by atoms with Gasteiger partial charge in [0.15, 0.2) is 0 Å². The Balaban J connectivity index is 1.91. The number of anilines is 1. The molecule has 0 saturated heterocycles. The van der Waals surface area contributed by atoms with E-state index in [1.807, 2.05) is 31.2 Å². The SMILES string of the molecule is CCCNc1cccc(CN(C)Cc2ccc(C)o2)n1. The van der Waals surface area contributed by atoms with Gasteiger partial charge in [-0.2, -0.15) is 0 Å². The van der Waals surface area contributed by atoms with Gasteiger partial charge in [-0.05, 0) is 44.7 Å². The minimum absolute atomic E-state index is 0.794. The Morgan fingerprint density at radius 1 is 1.20 bits per heavy atom. The number of hydrogen-bond acceptors (Lipinski definition) is 4. The van der Waals surface area contributed by atoms with Crippen molar-refractivity contribution in [3.63, 3.8) is 0 Å². The average Bonchev–Trinajstić information content (AvgIpc) is 2.82. The molecular formula is C16H23N3O. The van der Waals surface area contributed by atoms with E-state index in [2.05, 4.69) is 35.2 Å². The second kappa shape index (κ2) is 7.10. The number of furan rings is 1. The Labute approximate surface area is 120 Å². The van der Waals surface area contributed by atoms with E-state index in [1.165, 1.54) is 0 Å². The van der Waals surface area contributed by atoms with Crippen LogP contribution >= 0.6 is 0 Å². The molecule has 0 bridgehead atoms. The summed E-state index contributed by atoms with van der Waals surface area (Å²) in [6.45, 7) is 6.67. The van der Waals surface area contributed by atoms with Gasteiger partial charge in [-0.15, -0.1) is 0 Å². The highest BCUT2D eigenvalue weighted by molar-refractivity contribution is 5.35. The van der Waals surface area contributed by atoms with Crippen molar-refractivity contribution in [3.05, 3.63) is 47.5 Å². The number of nitrogens with zero attached hydrogens (tertiary/aromatic N) is 2. The average molecular weight is 273 g/mol. The van der Waals surface area contributed by atoms with Gasteiger partial charge in [0.05, 0.1) is 12.2 Å². The summed E-state index contributed by atoms with van der Waals surface area (Å²) in [7, 11) is 2.08. The van der Waals surface area contributed by atoms with E-state index in [1.54, 1.807) is 0 Å². The summed E-state index contributed by atoms with van der Waals surface area (Å²) in [6, 6.07) is 10.1. The number of hydrogen-bond donors (Lipinski definition) is 1. The first kappa shape index (κ1) is 14.6. The van der Waals surface area contributed by atoms with Crippen LogP contribution in [0.3, 0.4) is 0 Å². The minimum atomic E-state index is 0.794. The van der Waals surface area contributed by atoms with Crippen LogP contribution in [-0.2, 0) is 13.1 Å². The normalized spacial score (nSPS) is 11.0. The van der Waals surface area contributed by atoms with Gasteiger partial charge in [-0.3, -0.25) is 4.90 Å². The Bertz CT molecular complexity index is 536. The molecule has 0 aliphatic rings. The Kier molecular flexibility index (Phi) is 5.18. The molecule has 0 aliphatic heterocycles. The van der Waals surface area contributed by atoms with Crippen LogP contribution in [0.25, 0.3) is 0 Å². The van der Waals surface area contributed by atoms with Crippen LogP contribution < -0.4 is 5.32 Å². The molecule has 2 rings (SSSR count). The van der Waals surface area contributed by atoms with Crippen LogP contribution in [0.5, 0.6) is 0 Å². The zero-order valence-electron chi connectivity index (χ0n) is 12.5. The maximum Gasteiger partial charge on any atom is 0.126 e. The number of rotatable bonds is 7. The predicted octanol–water partition coefficient (Wildman–Crippen LogP) is 3.44. The topological polar surface area (TPSA) is 41.3 Å². The van der Waals surface area contributed by atoms with Crippen molar-refractivity contribution in [1.29, 1.82) is 0 Å². The maximum absolute atomic E-state index is 5.59. The van der Waals surface area contributed by atoms with E-state index in [9.17, 15) is 0 Å². The van der Waals surface area contributed by atoms with Crippen molar-refractivity contribution in [2.45, 2.75) is 33.4 Å². The van der Waals surface area contributed by atoms with Crippen LogP contribution in [0.1, 0.15) is 30.6 Å². The molecule has 0 amide bonds. The van der Waals surface area contributed by atoms with Crippen molar-refractivity contribution in [3.8, 4) is 0 Å². The third-order valence-corrected chi connectivity index (χ3v) is 3.02. The molecule has 0 atom stereocenters. The fraction of sp³-hybridized carbons (Fsp3) is 0.438. The highest BCUT2D eigenvalue weighted by atomic mass is 16.3. The standard InChI is InChI=1S/C16H23N3O/c1-4-10-17-16-7-5-6-14(18-16)11-19(3)12-15-9-8-13(2)20-15/h5-9H,4,10-12H2,1-3H3,(H,17,18). The predicted molar refractivity (Wildman–Crippen MR) is 81.6 cm³/mol. The number of aryl methyl sites for hydroxylation is 1. The summed E-state index contributed by atoms with van der Waals surface area (Å²) >= 11 is 0. The van der Waals surface area contributed by atoms with Gasteiger partial charge in [0.2, 0.25) is 0 Å². The molecule has 0 fully saturated rings. The highest BCUT2D eigenvalue weighted by Gasteiger charge is 2.06. The van der Waals surface area contributed by atoms with Crippen molar-refractivity contribution in [1.82, 2.24) is 9.88 Å². The third kappa shape index (κ3) is 4.38. The van der Waals surface area contributed by atoms with Gasteiger partial charge in [0, 0.05) is 13.1 Å². The van der Waals surface area contributed by atoms with Crippen LogP contribution in [0.2, 0.25) is 0 Å². The third-order valence-electron chi connectivity index (χ3n) is 3.02. The Morgan fingerprint density at radius 2 is 2.05 bits per heavy atom. The summed E-state index contributed by atoms with van der Waals surface area (Å²) in [6.07, 6.45) is 1.10. The van der Waals surface area contributed by atoms with Gasteiger partial charge in [0.25, 0.3) is 0 Å². The van der Waals surface area contributed by atoms with Gasteiger partial charge in [-0.1, -0.05) is 13.0 Å². The molecule has 0 aliphatic carbocycles. The molecule has 0 saturated carbocycles. The second-order valence-electron chi connectivity index (χ2n) is 5.13. The molecule has 108 valence electrons. The maximum atomic E-state index is 5.59. The first-order valence-electron chi connectivity index (χ1n) is 7.11. The monoisotopic (exact) mass is 273 g/mol. The van der Waals surface area contributed by atoms with Crippen LogP contribution in [-0.4, -0.2) is 23.5 Å². The smallest absolute Gasteiger partial charge is 0.126 e. The van der Waals surface area contributed by atoms with E-state index >= 15 is 0 Å². The molecule has 2 aromatic heterocycles. The van der Waals surface area contributed by atoms with Crippen molar-refractivity contribution in [2.24, 2.45) is 0 Å². The Hall–Kier alpha value is -1.81. The molecule has 0 unspecified atom stereocenters. The minimum Gasteiger partial charge on any atom is -0.465 e. The molecule has 0 aromatic carbocycles. The Morgan fingerprint density at radius 3 is 2.75 bits per heavy atom. The molecule has 1 N–H and O–H groups in total. The molecule has 0 spiro atoms. The quantitative estimate of drug-likeness (QED) is 0.839. The summed E-state index contributed by atoms with van der Waals surface area (Å²) in [4.78, 5) is 6.81. The van der Waals surface area contributed by atoms with Crippen molar-refractivity contribution in [2.75, 3.05) is 18.9 Å². The van der Waals surface area contributed by atoms with E-state index in [4.69, 9.17) is 4.42 Å². The van der Waals surface area contributed by atoms with Gasteiger partial charge >= 0.3 is 0 Å². The fourth-order valence-corrected chi connectivity index (χ4v) is 2.09. The molecule has 20 heavy (non-hydrogen) atoms. The molecular weight excluding hydrogens is 250 g/mol. The molecule has 4 heteroatoms. The summed E-state index contributed by atoms with van der Waals surface area (Å²) in [5, 5.41) is 3.31. The molecule has 2 aromatic rings. The first-order chi connectivity index (χ1) is 9.67. The lowest BCUT2D eigenvalue weighted by Gasteiger charge is -2.15. The van der Waals surface area contributed by atoms with Crippen molar-refractivity contribution >= 4 is 5.82 Å². The lowest BCUT2D eigenvalue weighted by Crippen LogP contribution is -2.18. The van der Waals surface area contributed by atoms with Crippen molar-refractivity contribution < 1.29 is 4.42 Å². The fourth-order valence-electron chi connectivity index (χ4n) is 2.09. The van der Waals surface area contributed by atoms with E-state index in [-0.39, 0.29) is 0 Å². The summed E-state index contributed by atoms with van der Waals surface area (Å²) in [5.74, 6) is 2.90. The van der Waals surface area contributed by atoms with Gasteiger partial charge in [0.1, 0.15) is 17.3 Å². The van der Waals surface area contributed by atoms with E-state index < -0.39 is 0 Å².